The van der Waals surface area contributed by atoms with Crippen LogP contribution in [0.1, 0.15) is 0 Å². The molecule has 0 aliphatic rings. The smallest absolute Gasteiger partial charge is 0.341 e. The Kier molecular flexibility index (Phi) is 7.42. The minimum absolute atomic E-state index is 0.198. The van der Waals surface area contributed by atoms with Crippen molar-refractivity contribution in [1.29, 1.82) is 0 Å². The van der Waals surface area contributed by atoms with E-state index in [4.69, 9.17) is 57.6 Å². The fraction of sp³-hybridized carbons (Fsp3) is 0.125. The molecule has 0 saturated heterocycles. The standard InChI is InChI=1S/C8H5Cl3O3.H3NO3S/c9-4-1-6(11)7(2-5(4)10)14-3-8(12)13;1-5(2,3)4/h1-2H,3H2,(H,12,13);(H3,1,2,3,4). The van der Waals surface area contributed by atoms with E-state index in [1.54, 1.807) is 0 Å². The molecule has 0 aliphatic carbocycles. The van der Waals surface area contributed by atoms with Crippen LogP contribution in [0, 0.1) is 0 Å². The van der Waals surface area contributed by atoms with E-state index in [0.717, 1.165) is 0 Å². The van der Waals surface area contributed by atoms with E-state index >= 15 is 0 Å². The SMILES string of the molecule is NS(=O)(=O)O.O=C(O)COc1cc(Cl)c(Cl)cc1Cl. The number of aliphatic carboxylic acids is 1. The molecule has 1 aromatic rings. The highest BCUT2D eigenvalue weighted by atomic mass is 35.5. The lowest BCUT2D eigenvalue weighted by Crippen LogP contribution is -2.09. The van der Waals surface area contributed by atoms with Crippen molar-refractivity contribution in [3.05, 3.63) is 27.2 Å². The topological polar surface area (TPSA) is 127 Å². The van der Waals surface area contributed by atoms with Gasteiger partial charge in [0.1, 0.15) is 5.75 Å². The van der Waals surface area contributed by atoms with Crippen LogP contribution in [0.2, 0.25) is 15.1 Å². The van der Waals surface area contributed by atoms with Crippen LogP contribution in [-0.4, -0.2) is 30.7 Å². The van der Waals surface area contributed by atoms with Crippen molar-refractivity contribution in [3.8, 4) is 5.75 Å². The van der Waals surface area contributed by atoms with Gasteiger partial charge < -0.3 is 9.84 Å². The lowest BCUT2D eigenvalue weighted by atomic mass is 10.3. The first kappa shape index (κ1) is 18.2. The second kappa shape index (κ2) is 7.73. The van der Waals surface area contributed by atoms with E-state index in [1.165, 1.54) is 12.1 Å². The van der Waals surface area contributed by atoms with Gasteiger partial charge in [-0.05, 0) is 6.07 Å². The van der Waals surface area contributed by atoms with E-state index in [-0.39, 0.29) is 15.8 Å². The summed E-state index contributed by atoms with van der Waals surface area (Å²) in [4.78, 5) is 10.2. The number of halogens is 3. The fourth-order valence-electron chi connectivity index (χ4n) is 0.754. The van der Waals surface area contributed by atoms with Crippen LogP contribution in [0.3, 0.4) is 0 Å². The number of hydrogen-bond donors (Lipinski definition) is 3. The van der Waals surface area contributed by atoms with Gasteiger partial charge in [-0.2, -0.15) is 8.42 Å². The van der Waals surface area contributed by atoms with E-state index in [1.807, 2.05) is 0 Å². The largest absolute Gasteiger partial charge is 0.480 e. The summed E-state index contributed by atoms with van der Waals surface area (Å²) in [7, 11) is -4.17. The number of rotatable bonds is 3. The highest BCUT2D eigenvalue weighted by Gasteiger charge is 2.08. The van der Waals surface area contributed by atoms with Crippen molar-refractivity contribution in [3.63, 3.8) is 0 Å². The Balaban J connectivity index is 0.000000555. The second-order valence-corrected chi connectivity index (χ2v) is 5.15. The molecule has 1 aromatic carbocycles. The monoisotopic (exact) mass is 351 g/mol. The van der Waals surface area contributed by atoms with Gasteiger partial charge >= 0.3 is 16.3 Å². The quantitative estimate of drug-likeness (QED) is 0.563. The predicted octanol–water partition coefficient (Wildman–Crippen LogP) is 1.86. The molecule has 0 aliphatic heterocycles. The maximum atomic E-state index is 10.2. The van der Waals surface area contributed by atoms with Gasteiger partial charge in [0, 0.05) is 6.07 Å². The Labute approximate surface area is 123 Å². The molecule has 0 atom stereocenters. The van der Waals surface area contributed by atoms with Gasteiger partial charge in [0.25, 0.3) is 0 Å². The van der Waals surface area contributed by atoms with Crippen molar-refractivity contribution < 1.29 is 27.6 Å². The number of nitrogens with two attached hydrogens (primary N) is 1. The molecule has 19 heavy (non-hydrogen) atoms. The van der Waals surface area contributed by atoms with Gasteiger partial charge in [-0.3, -0.25) is 4.55 Å². The van der Waals surface area contributed by atoms with Gasteiger partial charge in [0.15, 0.2) is 6.61 Å². The van der Waals surface area contributed by atoms with E-state index in [0.29, 0.717) is 5.02 Å². The van der Waals surface area contributed by atoms with Crippen LogP contribution in [0.4, 0.5) is 0 Å². The van der Waals surface area contributed by atoms with Crippen LogP contribution in [0.25, 0.3) is 0 Å². The minimum Gasteiger partial charge on any atom is -0.480 e. The van der Waals surface area contributed by atoms with Crippen LogP contribution in [-0.2, 0) is 15.1 Å². The van der Waals surface area contributed by atoms with Gasteiger partial charge in [0.05, 0.1) is 15.1 Å². The van der Waals surface area contributed by atoms with Crippen LogP contribution in [0.15, 0.2) is 12.1 Å². The van der Waals surface area contributed by atoms with Crippen molar-refractivity contribution in [1.82, 2.24) is 0 Å². The molecule has 11 heteroatoms. The summed E-state index contributed by atoms with van der Waals surface area (Å²) in [5.74, 6) is -0.893. The van der Waals surface area contributed by atoms with Gasteiger partial charge in [-0.1, -0.05) is 34.8 Å². The highest BCUT2D eigenvalue weighted by molar-refractivity contribution is 7.83. The molecular formula is C8H8Cl3NO6S. The Morgan fingerprint density at radius 1 is 1.21 bits per heavy atom. The van der Waals surface area contributed by atoms with Crippen LogP contribution < -0.4 is 9.88 Å². The Hall–Kier alpha value is -0.770. The Morgan fingerprint density at radius 3 is 2.05 bits per heavy atom. The normalized spacial score (nSPS) is 10.4. The molecule has 0 saturated carbocycles. The predicted molar refractivity (Wildman–Crippen MR) is 70.3 cm³/mol. The number of hydrogen-bond acceptors (Lipinski definition) is 4. The summed E-state index contributed by atoms with van der Waals surface area (Å²) in [6.45, 7) is -0.475. The van der Waals surface area contributed by atoms with Crippen molar-refractivity contribution >= 4 is 51.1 Å². The lowest BCUT2D eigenvalue weighted by Gasteiger charge is -2.06. The summed E-state index contributed by atoms with van der Waals surface area (Å²) < 4.78 is 30.1. The molecule has 108 valence electrons. The third kappa shape index (κ3) is 9.77. The number of carboxylic acids is 1. The number of ether oxygens (including phenoxy) is 1. The molecule has 4 N–H and O–H groups in total. The molecule has 0 unspecified atom stereocenters. The molecule has 0 bridgehead atoms. The molecule has 1 rings (SSSR count). The average Bonchev–Trinajstić information content (AvgIpc) is 2.19. The fourth-order valence-corrected chi connectivity index (χ4v) is 1.35. The number of carboxylic acid groups (broad SMARTS) is 1. The third-order valence-electron chi connectivity index (χ3n) is 1.33. The summed E-state index contributed by atoms with van der Waals surface area (Å²) in [5, 5.41) is 13.0. The molecule has 0 amide bonds. The molecule has 7 nitrogen and oxygen atoms in total. The molecule has 0 aromatic heterocycles. The zero-order valence-corrected chi connectivity index (χ0v) is 12.1. The summed E-state index contributed by atoms with van der Waals surface area (Å²) >= 11 is 17.1. The molecule has 0 radical (unpaired) electrons. The Bertz CT molecular complexity index is 554. The van der Waals surface area contributed by atoms with Gasteiger partial charge in [-0.25, -0.2) is 9.93 Å². The zero-order chi connectivity index (χ0) is 15.2. The first-order chi connectivity index (χ1) is 8.50. The van der Waals surface area contributed by atoms with Crippen LogP contribution >= 0.6 is 34.8 Å². The van der Waals surface area contributed by atoms with E-state index < -0.39 is 22.9 Å². The van der Waals surface area contributed by atoms with Gasteiger partial charge in [-0.15, -0.1) is 0 Å². The molecule has 0 spiro atoms. The maximum absolute atomic E-state index is 10.2. The molecule has 0 heterocycles. The summed E-state index contributed by atoms with van der Waals surface area (Å²) in [6, 6.07) is 2.76. The van der Waals surface area contributed by atoms with Gasteiger partial charge in [0.2, 0.25) is 0 Å². The van der Waals surface area contributed by atoms with Crippen molar-refractivity contribution in [2.45, 2.75) is 0 Å². The lowest BCUT2D eigenvalue weighted by molar-refractivity contribution is -0.139. The average molecular weight is 353 g/mol. The summed E-state index contributed by atoms with van der Waals surface area (Å²) in [6.07, 6.45) is 0. The Morgan fingerprint density at radius 2 is 1.63 bits per heavy atom. The third-order valence-corrected chi connectivity index (χ3v) is 2.34. The minimum atomic E-state index is -4.17. The zero-order valence-electron chi connectivity index (χ0n) is 9.01. The highest BCUT2D eigenvalue weighted by Crippen LogP contribution is 2.33. The second-order valence-electron chi connectivity index (χ2n) is 2.89. The first-order valence-corrected chi connectivity index (χ1v) is 6.88. The van der Waals surface area contributed by atoms with E-state index in [9.17, 15) is 4.79 Å². The summed E-state index contributed by atoms with van der Waals surface area (Å²) in [5.41, 5.74) is 0. The maximum Gasteiger partial charge on any atom is 0.341 e. The first-order valence-electron chi connectivity index (χ1n) is 4.25. The number of benzene rings is 1. The van der Waals surface area contributed by atoms with E-state index in [2.05, 4.69) is 5.14 Å². The molecule has 0 fully saturated rings. The number of carbonyl (C=O) groups is 1. The van der Waals surface area contributed by atoms with Crippen molar-refractivity contribution in [2.24, 2.45) is 5.14 Å². The van der Waals surface area contributed by atoms with Crippen molar-refractivity contribution in [2.75, 3.05) is 6.61 Å². The van der Waals surface area contributed by atoms with Crippen LogP contribution in [0.5, 0.6) is 5.75 Å². The molecular weight excluding hydrogens is 345 g/mol.